The van der Waals surface area contributed by atoms with Gasteiger partial charge < -0.3 is 14.6 Å². The van der Waals surface area contributed by atoms with Crippen LogP contribution in [0.25, 0.3) is 5.70 Å². The standard InChI is InChI=1S/C25H27N3O3/c1-25(24(30)31-2)14-21(27-25)20-13-19-7-5-3-4-6-8-22(19)28(23(20)29)16-18-11-9-17(15-26)10-12-18/h9-14,27H,3-8,16H2,1-2H3. The first-order valence-corrected chi connectivity index (χ1v) is 10.8. The summed E-state index contributed by atoms with van der Waals surface area (Å²) in [6.45, 7) is 2.20. The molecular formula is C25H27N3O3. The fraction of sp³-hybridized carbons (Fsp3) is 0.400. The van der Waals surface area contributed by atoms with Crippen molar-refractivity contribution in [1.82, 2.24) is 9.88 Å². The molecule has 1 aromatic heterocycles. The van der Waals surface area contributed by atoms with Gasteiger partial charge in [0.15, 0.2) is 5.54 Å². The van der Waals surface area contributed by atoms with Gasteiger partial charge in [0.05, 0.1) is 30.9 Å². The van der Waals surface area contributed by atoms with Gasteiger partial charge in [-0.2, -0.15) is 5.26 Å². The molecule has 1 aromatic carbocycles. The van der Waals surface area contributed by atoms with E-state index in [2.05, 4.69) is 11.4 Å². The molecular weight excluding hydrogens is 390 g/mol. The maximum Gasteiger partial charge on any atom is 0.335 e. The number of hydrogen-bond acceptors (Lipinski definition) is 5. The summed E-state index contributed by atoms with van der Waals surface area (Å²) in [6.07, 6.45) is 8.15. The van der Waals surface area contributed by atoms with E-state index in [0.717, 1.165) is 36.9 Å². The Morgan fingerprint density at radius 1 is 1.19 bits per heavy atom. The van der Waals surface area contributed by atoms with Gasteiger partial charge in [-0.1, -0.05) is 25.0 Å². The SMILES string of the molecule is COC(=O)C1(C)C=C(c2cc3c(n(Cc4ccc(C#N)cc4)c2=O)CCCCCC3)N1. The minimum atomic E-state index is -0.904. The molecule has 0 saturated heterocycles. The number of nitrogens with zero attached hydrogens (tertiary/aromatic N) is 2. The van der Waals surface area contributed by atoms with Crippen LogP contribution in [0.3, 0.4) is 0 Å². The lowest BCUT2D eigenvalue weighted by atomic mass is 9.88. The Bertz CT molecular complexity index is 1140. The number of esters is 1. The smallest absolute Gasteiger partial charge is 0.335 e. The molecule has 0 saturated carbocycles. The number of hydrogen-bond donors (Lipinski definition) is 1. The van der Waals surface area contributed by atoms with E-state index in [0.29, 0.717) is 23.4 Å². The first kappa shape index (κ1) is 20.9. The third-order valence-electron chi connectivity index (χ3n) is 6.25. The van der Waals surface area contributed by atoms with Crippen LogP contribution in [0.1, 0.15) is 60.6 Å². The number of carbonyl (C=O) groups is 1. The number of nitriles is 1. The Hall–Kier alpha value is -3.33. The molecule has 1 aliphatic heterocycles. The summed E-state index contributed by atoms with van der Waals surface area (Å²) in [5, 5.41) is 12.2. The van der Waals surface area contributed by atoms with Gasteiger partial charge in [0.2, 0.25) is 0 Å². The summed E-state index contributed by atoms with van der Waals surface area (Å²) in [5.74, 6) is -0.375. The molecule has 31 heavy (non-hydrogen) atoms. The van der Waals surface area contributed by atoms with Crippen LogP contribution in [-0.4, -0.2) is 23.2 Å². The largest absolute Gasteiger partial charge is 0.467 e. The summed E-state index contributed by atoms with van der Waals surface area (Å²) in [5.41, 5.74) is 4.20. The third-order valence-corrected chi connectivity index (χ3v) is 6.25. The zero-order chi connectivity index (χ0) is 22.0. The van der Waals surface area contributed by atoms with Crippen LogP contribution in [0.2, 0.25) is 0 Å². The molecule has 1 aliphatic carbocycles. The molecule has 0 radical (unpaired) electrons. The molecule has 6 heteroatoms. The van der Waals surface area contributed by atoms with Crippen molar-refractivity contribution in [3.63, 3.8) is 0 Å². The maximum absolute atomic E-state index is 13.6. The number of rotatable bonds is 4. The number of aryl methyl sites for hydroxylation is 1. The third kappa shape index (κ3) is 4.00. The summed E-state index contributed by atoms with van der Waals surface area (Å²) in [6, 6.07) is 11.5. The second-order valence-electron chi connectivity index (χ2n) is 8.52. The molecule has 1 unspecified atom stereocenters. The van der Waals surface area contributed by atoms with Crippen molar-refractivity contribution in [1.29, 1.82) is 5.26 Å². The van der Waals surface area contributed by atoms with E-state index >= 15 is 0 Å². The maximum atomic E-state index is 13.6. The monoisotopic (exact) mass is 417 g/mol. The van der Waals surface area contributed by atoms with E-state index in [1.807, 2.05) is 22.8 Å². The van der Waals surface area contributed by atoms with Crippen molar-refractivity contribution < 1.29 is 9.53 Å². The highest BCUT2D eigenvalue weighted by Crippen LogP contribution is 2.30. The number of fused-ring (bicyclic) bond motifs is 1. The Morgan fingerprint density at radius 3 is 2.52 bits per heavy atom. The van der Waals surface area contributed by atoms with Crippen LogP contribution in [0.15, 0.2) is 41.2 Å². The second kappa shape index (κ2) is 8.43. The molecule has 0 fully saturated rings. The molecule has 0 bridgehead atoms. The minimum absolute atomic E-state index is 0.0608. The lowest BCUT2D eigenvalue weighted by molar-refractivity contribution is -0.145. The summed E-state index contributed by atoms with van der Waals surface area (Å²) in [4.78, 5) is 25.6. The van der Waals surface area contributed by atoms with Crippen LogP contribution in [0.4, 0.5) is 0 Å². The van der Waals surface area contributed by atoms with Crippen molar-refractivity contribution in [2.24, 2.45) is 0 Å². The first-order valence-electron chi connectivity index (χ1n) is 10.8. The van der Waals surface area contributed by atoms with Crippen LogP contribution in [0, 0.1) is 11.3 Å². The number of ether oxygens (including phenoxy) is 1. The van der Waals surface area contributed by atoms with Crippen molar-refractivity contribution in [2.75, 3.05) is 7.11 Å². The zero-order valence-corrected chi connectivity index (χ0v) is 18.0. The Balaban J connectivity index is 1.78. The number of aromatic nitrogens is 1. The van der Waals surface area contributed by atoms with E-state index in [1.165, 1.54) is 25.5 Å². The molecule has 6 nitrogen and oxygen atoms in total. The van der Waals surface area contributed by atoms with Crippen LogP contribution >= 0.6 is 0 Å². The average molecular weight is 418 g/mol. The van der Waals surface area contributed by atoms with Gasteiger partial charge in [-0.05, 0) is 68.0 Å². The molecule has 160 valence electrons. The predicted molar refractivity (Wildman–Crippen MR) is 118 cm³/mol. The summed E-state index contributed by atoms with van der Waals surface area (Å²) < 4.78 is 6.74. The topological polar surface area (TPSA) is 84.1 Å². The van der Waals surface area contributed by atoms with Crippen molar-refractivity contribution in [3.05, 3.63) is 74.7 Å². The van der Waals surface area contributed by atoms with Crippen LogP contribution in [0.5, 0.6) is 0 Å². The number of carbonyl (C=O) groups excluding carboxylic acids is 1. The molecule has 0 spiro atoms. The van der Waals surface area contributed by atoms with Crippen LogP contribution in [-0.2, 0) is 28.9 Å². The number of pyridine rings is 1. The van der Waals surface area contributed by atoms with Gasteiger partial charge >= 0.3 is 5.97 Å². The molecule has 1 atom stereocenters. The van der Waals surface area contributed by atoms with E-state index in [4.69, 9.17) is 10.00 Å². The Kier molecular flexibility index (Phi) is 5.69. The van der Waals surface area contributed by atoms with Gasteiger partial charge in [-0.15, -0.1) is 0 Å². The highest BCUT2D eigenvalue weighted by Gasteiger charge is 2.41. The lowest BCUT2D eigenvalue weighted by Gasteiger charge is -2.36. The van der Waals surface area contributed by atoms with E-state index in [9.17, 15) is 9.59 Å². The van der Waals surface area contributed by atoms with Crippen LogP contribution < -0.4 is 10.9 Å². The lowest BCUT2D eigenvalue weighted by Crippen LogP contribution is -2.55. The van der Waals surface area contributed by atoms with Gasteiger partial charge in [0.25, 0.3) is 5.56 Å². The van der Waals surface area contributed by atoms with Crippen molar-refractivity contribution in [2.45, 2.75) is 57.5 Å². The zero-order valence-electron chi connectivity index (χ0n) is 18.0. The van der Waals surface area contributed by atoms with E-state index in [1.54, 1.807) is 25.1 Å². The second-order valence-corrected chi connectivity index (χ2v) is 8.52. The fourth-order valence-electron chi connectivity index (χ4n) is 4.49. The average Bonchev–Trinajstić information content (AvgIpc) is 2.74. The quantitative estimate of drug-likeness (QED) is 0.772. The van der Waals surface area contributed by atoms with Gasteiger partial charge in [0, 0.05) is 11.4 Å². The van der Waals surface area contributed by atoms with Crippen molar-refractivity contribution >= 4 is 11.7 Å². The highest BCUT2D eigenvalue weighted by molar-refractivity contribution is 5.92. The number of methoxy groups -OCH3 is 1. The molecule has 0 amide bonds. The molecule has 2 aromatic rings. The Labute approximate surface area is 182 Å². The van der Waals surface area contributed by atoms with Crippen molar-refractivity contribution in [3.8, 4) is 6.07 Å². The van der Waals surface area contributed by atoms with E-state index in [-0.39, 0.29) is 11.5 Å². The highest BCUT2D eigenvalue weighted by atomic mass is 16.5. The summed E-state index contributed by atoms with van der Waals surface area (Å²) >= 11 is 0. The van der Waals surface area contributed by atoms with Gasteiger partial charge in [0.1, 0.15) is 0 Å². The fourth-order valence-corrected chi connectivity index (χ4v) is 4.49. The normalized spacial score (nSPS) is 20.1. The number of nitrogens with one attached hydrogen (secondary N) is 1. The van der Waals surface area contributed by atoms with Gasteiger partial charge in [-0.25, -0.2) is 4.79 Å². The first-order chi connectivity index (χ1) is 14.9. The number of benzene rings is 1. The molecule has 1 N–H and O–H groups in total. The summed E-state index contributed by atoms with van der Waals surface area (Å²) in [7, 11) is 1.36. The Morgan fingerprint density at radius 2 is 1.87 bits per heavy atom. The molecule has 2 heterocycles. The molecule has 4 rings (SSSR count). The minimum Gasteiger partial charge on any atom is -0.467 e. The van der Waals surface area contributed by atoms with E-state index < -0.39 is 5.54 Å². The molecule has 2 aliphatic rings. The predicted octanol–water partition coefficient (Wildman–Crippen LogP) is 3.30. The van der Waals surface area contributed by atoms with Gasteiger partial charge in [-0.3, -0.25) is 4.79 Å².